The Kier molecular flexibility index (Phi) is 21.2. The maximum absolute atomic E-state index is 11.6. The lowest BCUT2D eigenvalue weighted by atomic mass is 9.99. The highest BCUT2D eigenvalue weighted by atomic mass is 16.5. The maximum Gasteiger partial charge on any atom is 0.334 e. The second-order valence-electron chi connectivity index (χ2n) is 13.5. The van der Waals surface area contributed by atoms with E-state index in [0.29, 0.717) is 25.7 Å². The lowest BCUT2D eigenvalue weighted by Crippen LogP contribution is -2.31. The Hall–Kier alpha value is -1.25. The predicted molar refractivity (Wildman–Crippen MR) is 177 cm³/mol. The molecule has 0 aromatic carbocycles. The van der Waals surface area contributed by atoms with Gasteiger partial charge in [-0.2, -0.15) is 0 Å². The Labute approximate surface area is 268 Å². The SMILES string of the molecule is CCCCCCCCCCC[C@@H](O)/C=C\CC[C@@H](O)[C@H]1CC[C@H]([C@H](O)CC[C@H](O)CCCCCCCC2=C[C@H](C)OC2=O)O1. The molecule has 2 aliphatic rings. The quantitative estimate of drug-likeness (QED) is 0.0423. The van der Waals surface area contributed by atoms with Gasteiger partial charge >= 0.3 is 5.97 Å². The van der Waals surface area contributed by atoms with Crippen molar-refractivity contribution in [2.45, 2.75) is 204 Å². The van der Waals surface area contributed by atoms with Gasteiger partial charge in [-0.1, -0.05) is 103 Å². The van der Waals surface area contributed by atoms with Crippen LogP contribution in [0.1, 0.15) is 162 Å². The van der Waals surface area contributed by atoms with Crippen LogP contribution < -0.4 is 0 Å². The summed E-state index contributed by atoms with van der Waals surface area (Å²) in [6.45, 7) is 4.13. The van der Waals surface area contributed by atoms with E-state index in [1.54, 1.807) is 0 Å². The van der Waals surface area contributed by atoms with Gasteiger partial charge in [0.05, 0.1) is 36.6 Å². The number of cyclic esters (lactones) is 1. The summed E-state index contributed by atoms with van der Waals surface area (Å²) < 4.78 is 11.1. The molecular formula is C37H66O7. The molecule has 44 heavy (non-hydrogen) atoms. The van der Waals surface area contributed by atoms with Crippen molar-refractivity contribution < 1.29 is 34.7 Å². The molecule has 0 amide bonds. The number of carbonyl (C=O) groups is 1. The summed E-state index contributed by atoms with van der Waals surface area (Å²) in [5, 5.41) is 41.8. The Balaban J connectivity index is 1.44. The number of esters is 1. The van der Waals surface area contributed by atoms with Crippen molar-refractivity contribution in [3.05, 3.63) is 23.8 Å². The van der Waals surface area contributed by atoms with Crippen LogP contribution in [-0.4, -0.2) is 69.1 Å². The van der Waals surface area contributed by atoms with Crippen molar-refractivity contribution >= 4 is 5.97 Å². The van der Waals surface area contributed by atoms with E-state index in [2.05, 4.69) is 6.92 Å². The molecule has 4 N–H and O–H groups in total. The van der Waals surface area contributed by atoms with Gasteiger partial charge in [0, 0.05) is 5.57 Å². The van der Waals surface area contributed by atoms with Crippen LogP contribution in [0.3, 0.4) is 0 Å². The summed E-state index contributed by atoms with van der Waals surface area (Å²) in [7, 11) is 0. The number of aliphatic hydroxyl groups is 4. The van der Waals surface area contributed by atoms with Crippen molar-refractivity contribution in [1.82, 2.24) is 0 Å². The van der Waals surface area contributed by atoms with Gasteiger partial charge in [-0.3, -0.25) is 0 Å². The van der Waals surface area contributed by atoms with E-state index in [0.717, 1.165) is 76.2 Å². The molecule has 0 radical (unpaired) electrons. The van der Waals surface area contributed by atoms with E-state index in [-0.39, 0.29) is 24.3 Å². The zero-order chi connectivity index (χ0) is 32.0. The fourth-order valence-corrected chi connectivity index (χ4v) is 6.46. The van der Waals surface area contributed by atoms with Gasteiger partial charge in [0.25, 0.3) is 0 Å². The van der Waals surface area contributed by atoms with E-state index in [4.69, 9.17) is 9.47 Å². The zero-order valence-electron chi connectivity index (χ0n) is 28.1. The molecule has 0 spiro atoms. The molecule has 2 aliphatic heterocycles. The van der Waals surface area contributed by atoms with E-state index < -0.39 is 24.4 Å². The number of hydrogen-bond donors (Lipinski definition) is 4. The van der Waals surface area contributed by atoms with Crippen molar-refractivity contribution in [2.75, 3.05) is 0 Å². The minimum Gasteiger partial charge on any atom is -0.455 e. The number of unbranched alkanes of at least 4 members (excludes halogenated alkanes) is 12. The molecule has 7 nitrogen and oxygen atoms in total. The third-order valence-corrected chi connectivity index (χ3v) is 9.30. The lowest BCUT2D eigenvalue weighted by Gasteiger charge is -2.22. The first-order valence-electron chi connectivity index (χ1n) is 18.3. The monoisotopic (exact) mass is 622 g/mol. The summed E-state index contributed by atoms with van der Waals surface area (Å²) in [5.74, 6) is -0.170. The second kappa shape index (κ2) is 24.0. The summed E-state index contributed by atoms with van der Waals surface area (Å²) >= 11 is 0. The molecule has 0 aliphatic carbocycles. The van der Waals surface area contributed by atoms with Gasteiger partial charge in [-0.05, 0) is 77.2 Å². The van der Waals surface area contributed by atoms with Crippen LogP contribution in [0, 0.1) is 0 Å². The number of allylic oxidation sites excluding steroid dienone is 1. The summed E-state index contributed by atoms with van der Waals surface area (Å²) in [4.78, 5) is 11.6. The normalized spacial score (nSPS) is 23.2. The Morgan fingerprint density at radius 1 is 0.750 bits per heavy atom. The average molecular weight is 623 g/mol. The molecule has 7 atom stereocenters. The summed E-state index contributed by atoms with van der Waals surface area (Å²) in [6, 6.07) is 0. The van der Waals surface area contributed by atoms with Gasteiger partial charge < -0.3 is 29.9 Å². The van der Waals surface area contributed by atoms with Crippen molar-refractivity contribution in [2.24, 2.45) is 0 Å². The summed E-state index contributed by atoms with van der Waals surface area (Å²) in [5.41, 5.74) is 0.807. The van der Waals surface area contributed by atoms with E-state index >= 15 is 0 Å². The molecule has 1 fully saturated rings. The largest absolute Gasteiger partial charge is 0.455 e. The van der Waals surface area contributed by atoms with E-state index in [1.165, 1.54) is 51.4 Å². The molecule has 2 heterocycles. The van der Waals surface area contributed by atoms with Crippen molar-refractivity contribution in [1.29, 1.82) is 0 Å². The van der Waals surface area contributed by atoms with Crippen LogP contribution in [0.15, 0.2) is 23.8 Å². The second-order valence-corrected chi connectivity index (χ2v) is 13.5. The van der Waals surface area contributed by atoms with E-state index in [1.807, 2.05) is 25.2 Å². The fraction of sp³-hybridized carbons (Fsp3) is 0.865. The maximum atomic E-state index is 11.6. The Morgan fingerprint density at radius 3 is 1.93 bits per heavy atom. The molecule has 0 unspecified atom stereocenters. The van der Waals surface area contributed by atoms with Gasteiger partial charge in [0.1, 0.15) is 6.10 Å². The van der Waals surface area contributed by atoms with Gasteiger partial charge in [-0.25, -0.2) is 4.79 Å². The first-order chi connectivity index (χ1) is 21.3. The highest BCUT2D eigenvalue weighted by molar-refractivity contribution is 5.90. The summed E-state index contributed by atoms with van der Waals surface area (Å²) in [6.07, 6.45) is 25.8. The predicted octanol–water partition coefficient (Wildman–Crippen LogP) is 7.62. The number of rotatable bonds is 27. The molecule has 7 heteroatoms. The number of carbonyl (C=O) groups excluding carboxylic acids is 1. The molecule has 1 saturated heterocycles. The number of aliphatic hydroxyl groups excluding tert-OH is 4. The van der Waals surface area contributed by atoms with Crippen LogP contribution in [0.4, 0.5) is 0 Å². The number of ether oxygens (including phenoxy) is 2. The average Bonchev–Trinajstić information content (AvgIpc) is 3.62. The molecule has 0 bridgehead atoms. The van der Waals surface area contributed by atoms with Crippen LogP contribution in [0.2, 0.25) is 0 Å². The minimum atomic E-state index is -0.628. The van der Waals surface area contributed by atoms with Crippen LogP contribution in [0.5, 0.6) is 0 Å². The first-order valence-corrected chi connectivity index (χ1v) is 18.3. The lowest BCUT2D eigenvalue weighted by molar-refractivity contribution is -0.139. The Bertz CT molecular complexity index is 797. The standard InChI is InChI=1S/C37H66O7/c1-3-4-5-6-7-8-9-12-15-20-31(38)22-17-18-23-33(40)35-26-27-36(44-35)34(41)25-24-32(39)21-16-13-10-11-14-19-30-28-29(2)43-37(30)42/h17,22,28-29,31-36,38-41H,3-16,18-21,23-27H2,1-2H3/b22-17-/t29-,31+,32+,33+,34+,35+,36+/m0/s1. The molecule has 2 rings (SSSR count). The highest BCUT2D eigenvalue weighted by Crippen LogP contribution is 2.28. The zero-order valence-corrected chi connectivity index (χ0v) is 28.1. The topological polar surface area (TPSA) is 116 Å². The van der Waals surface area contributed by atoms with Crippen molar-refractivity contribution in [3.8, 4) is 0 Å². The van der Waals surface area contributed by atoms with Gasteiger partial charge in [0.15, 0.2) is 0 Å². The first kappa shape index (κ1) is 38.9. The van der Waals surface area contributed by atoms with E-state index in [9.17, 15) is 25.2 Å². The highest BCUT2D eigenvalue weighted by Gasteiger charge is 2.34. The third kappa shape index (κ3) is 17.4. The smallest absolute Gasteiger partial charge is 0.334 e. The molecule has 0 aromatic heterocycles. The molecule has 256 valence electrons. The molecular weight excluding hydrogens is 556 g/mol. The minimum absolute atomic E-state index is 0.0938. The molecule has 0 saturated carbocycles. The van der Waals surface area contributed by atoms with Crippen LogP contribution >= 0.6 is 0 Å². The van der Waals surface area contributed by atoms with Crippen molar-refractivity contribution in [3.63, 3.8) is 0 Å². The Morgan fingerprint density at radius 2 is 1.32 bits per heavy atom. The fourth-order valence-electron chi connectivity index (χ4n) is 6.46. The van der Waals surface area contributed by atoms with Crippen LogP contribution in [0.25, 0.3) is 0 Å². The van der Waals surface area contributed by atoms with Gasteiger partial charge in [-0.15, -0.1) is 0 Å². The third-order valence-electron chi connectivity index (χ3n) is 9.30. The van der Waals surface area contributed by atoms with Crippen LogP contribution in [-0.2, 0) is 14.3 Å². The van der Waals surface area contributed by atoms with Gasteiger partial charge in [0.2, 0.25) is 0 Å². The molecule has 0 aromatic rings. The number of hydrogen-bond acceptors (Lipinski definition) is 7.